The molecule has 0 saturated carbocycles. The van der Waals surface area contributed by atoms with E-state index in [1.807, 2.05) is 0 Å². The van der Waals surface area contributed by atoms with Crippen molar-refractivity contribution in [2.75, 3.05) is 37.8 Å². The Kier molecular flexibility index (Phi) is 14.7. The summed E-state index contributed by atoms with van der Waals surface area (Å²) in [6.07, 6.45) is -6.05. The summed E-state index contributed by atoms with van der Waals surface area (Å²) in [5, 5.41) is 26.2. The summed E-state index contributed by atoms with van der Waals surface area (Å²) in [6, 6.07) is 0. The van der Waals surface area contributed by atoms with Crippen LogP contribution in [0.4, 0.5) is 5.82 Å². The minimum absolute atomic E-state index is 0.0325. The third-order valence-corrected chi connectivity index (χ3v) is 11.1. The van der Waals surface area contributed by atoms with Crippen LogP contribution in [0.1, 0.15) is 34.1 Å². The van der Waals surface area contributed by atoms with Crippen molar-refractivity contribution in [3.63, 3.8) is 0 Å². The number of thioether (sulfide) groups is 1. The van der Waals surface area contributed by atoms with E-state index in [4.69, 9.17) is 10.5 Å². The van der Waals surface area contributed by atoms with Gasteiger partial charge in [-0.3, -0.25) is 28.1 Å². The third kappa shape index (κ3) is 12.0. The van der Waals surface area contributed by atoms with E-state index >= 15 is 0 Å². The predicted molar refractivity (Wildman–Crippen MR) is 169 cm³/mol. The van der Waals surface area contributed by atoms with Gasteiger partial charge < -0.3 is 69.0 Å². The molecule has 0 radical (unpaired) electrons. The van der Waals surface area contributed by atoms with Crippen LogP contribution in [0.2, 0.25) is 0 Å². The number of hydrogen-bond acceptors (Lipinski definition) is 22. The summed E-state index contributed by atoms with van der Waals surface area (Å²) < 4.78 is 60.8. The van der Waals surface area contributed by atoms with Crippen molar-refractivity contribution in [2.45, 2.75) is 64.3 Å². The highest BCUT2D eigenvalue weighted by molar-refractivity contribution is 8.13. The first-order chi connectivity index (χ1) is 23.9. The van der Waals surface area contributed by atoms with Gasteiger partial charge in [-0.1, -0.05) is 25.6 Å². The molecule has 0 bridgehead atoms. The molecule has 1 aliphatic rings. The average molecular weight is 820 g/mol. The molecule has 3 rings (SSSR count). The van der Waals surface area contributed by atoms with Crippen LogP contribution in [0.3, 0.4) is 0 Å². The molecule has 0 aromatic carbocycles. The van der Waals surface area contributed by atoms with Crippen LogP contribution in [-0.4, -0.2) is 103 Å². The number of imidazole rings is 1. The largest absolute Gasteiger partial charge is 0.790 e. The van der Waals surface area contributed by atoms with Gasteiger partial charge in [-0.2, -0.15) is 0 Å². The topological polar surface area (TPSA) is 375 Å². The van der Waals surface area contributed by atoms with Gasteiger partial charge >= 0.3 is 0 Å². The Bertz CT molecular complexity index is 1760. The Hall–Kier alpha value is -2.44. The Morgan fingerprint density at radius 1 is 1.12 bits per heavy atom. The number of carbonyl (C=O) groups is 3. The highest BCUT2D eigenvalue weighted by atomic mass is 32.2. The quantitative estimate of drug-likeness (QED) is 0.0673. The molecule has 2 amide bonds. The summed E-state index contributed by atoms with van der Waals surface area (Å²) in [4.78, 5) is 94.8. The maximum absolute atomic E-state index is 12.5. The van der Waals surface area contributed by atoms with Crippen LogP contribution in [-0.2, 0) is 56.4 Å². The molecule has 52 heavy (non-hydrogen) atoms. The monoisotopic (exact) mass is 819 g/mol. The van der Waals surface area contributed by atoms with Crippen molar-refractivity contribution >= 4 is 69.1 Å². The first-order valence-corrected chi connectivity index (χ1v) is 20.2. The van der Waals surface area contributed by atoms with Crippen LogP contribution < -0.4 is 35.9 Å². The number of aromatic nitrogens is 4. The van der Waals surface area contributed by atoms with Gasteiger partial charge in [-0.25, -0.2) is 19.3 Å². The zero-order chi connectivity index (χ0) is 39.3. The molecule has 28 heteroatoms. The summed E-state index contributed by atoms with van der Waals surface area (Å²) in [5.74, 6) is -1.20. The van der Waals surface area contributed by atoms with E-state index in [1.165, 1.54) is 27.7 Å². The molecule has 3 heterocycles. The van der Waals surface area contributed by atoms with E-state index in [2.05, 4.69) is 43.5 Å². The molecule has 24 nitrogen and oxygen atoms in total. The number of carbonyl (C=O) groups excluding carboxylic acids is 3. The molecular formula is C24H36N7O17P3S-4. The summed E-state index contributed by atoms with van der Waals surface area (Å²) in [6.45, 7) is 2.65. The Morgan fingerprint density at radius 2 is 1.77 bits per heavy atom. The van der Waals surface area contributed by atoms with Crippen molar-refractivity contribution in [1.82, 2.24) is 30.2 Å². The number of aliphatic hydroxyl groups is 2. The van der Waals surface area contributed by atoms with E-state index < -0.39 is 84.1 Å². The highest BCUT2D eigenvalue weighted by Gasteiger charge is 2.55. The number of nitrogens with two attached hydrogens (primary N) is 1. The van der Waals surface area contributed by atoms with Crippen molar-refractivity contribution in [1.29, 1.82) is 0 Å². The van der Waals surface area contributed by atoms with Crippen molar-refractivity contribution in [2.24, 2.45) is 5.41 Å². The first kappa shape index (κ1) is 44.0. The van der Waals surface area contributed by atoms with Gasteiger partial charge in [0, 0.05) is 37.6 Å². The molecule has 294 valence electrons. The number of nitrogens with one attached hydrogen (secondary N) is 2. The molecule has 6 N–H and O–H groups in total. The molecule has 0 spiro atoms. The number of amides is 2. The van der Waals surface area contributed by atoms with Gasteiger partial charge in [-0.05, 0) is 6.92 Å². The third-order valence-electron chi connectivity index (χ3n) is 7.27. The maximum Gasteiger partial charge on any atom is 0.274 e. The molecule has 0 aliphatic carbocycles. The number of phosphoric acid groups is 3. The van der Waals surface area contributed by atoms with E-state index in [0.29, 0.717) is 5.75 Å². The minimum atomic E-state index is -5.92. The Morgan fingerprint density at radius 3 is 2.40 bits per heavy atom. The van der Waals surface area contributed by atoms with Gasteiger partial charge in [0.25, 0.3) is 15.6 Å². The number of ether oxygens (including phenoxy) is 1. The maximum atomic E-state index is 12.5. The van der Waals surface area contributed by atoms with E-state index in [9.17, 15) is 57.9 Å². The second-order valence-corrected chi connectivity index (χ2v) is 17.2. The zero-order valence-corrected chi connectivity index (χ0v) is 31.3. The first-order valence-electron chi connectivity index (χ1n) is 14.9. The summed E-state index contributed by atoms with van der Waals surface area (Å²) in [5.41, 5.74) is 2.02. The molecule has 7 atom stereocenters. The van der Waals surface area contributed by atoms with Gasteiger partial charge in [0.05, 0.1) is 27.4 Å². The van der Waals surface area contributed by atoms with E-state index in [1.54, 1.807) is 0 Å². The lowest BCUT2D eigenvalue weighted by molar-refractivity contribution is -0.347. The lowest BCUT2D eigenvalue weighted by atomic mass is 9.87. The fourth-order valence-electron chi connectivity index (χ4n) is 4.62. The lowest BCUT2D eigenvalue weighted by Gasteiger charge is -2.36. The Balaban J connectivity index is 1.59. The summed E-state index contributed by atoms with van der Waals surface area (Å²) >= 11 is 1.01. The van der Waals surface area contributed by atoms with Gasteiger partial charge in [0.15, 0.2) is 22.3 Å². The van der Waals surface area contributed by atoms with E-state index in [0.717, 1.165) is 29.0 Å². The van der Waals surface area contributed by atoms with Gasteiger partial charge in [-0.15, -0.1) is 0 Å². The number of nitrogen functional groups attached to an aromatic ring is 1. The average Bonchev–Trinajstić information content (AvgIpc) is 3.56. The number of anilines is 1. The van der Waals surface area contributed by atoms with Gasteiger partial charge in [0.2, 0.25) is 11.8 Å². The van der Waals surface area contributed by atoms with Crippen LogP contribution in [0, 0.1) is 5.41 Å². The molecule has 2 aromatic heterocycles. The number of rotatable bonds is 19. The van der Waals surface area contributed by atoms with Gasteiger partial charge in [0.1, 0.15) is 36.3 Å². The Labute approximate surface area is 299 Å². The minimum Gasteiger partial charge on any atom is -0.790 e. The number of aliphatic hydroxyl groups excluding tert-OH is 2. The lowest BCUT2D eigenvalue weighted by Crippen LogP contribution is -2.46. The second kappa shape index (κ2) is 17.4. The molecule has 2 aromatic rings. The van der Waals surface area contributed by atoms with Crippen molar-refractivity contribution < 1.29 is 80.5 Å². The van der Waals surface area contributed by atoms with Crippen molar-refractivity contribution in [3.8, 4) is 0 Å². The number of hydrogen-bond donors (Lipinski definition) is 5. The van der Waals surface area contributed by atoms with Crippen LogP contribution >= 0.6 is 35.2 Å². The highest BCUT2D eigenvalue weighted by Crippen LogP contribution is 2.56. The normalized spacial score (nSPS) is 23.8. The molecule has 7 unspecified atom stereocenters. The standard InChI is InChI=1S/C24H40N7O17P3S/c1-13(32)52-8-7-26-15(33)5-6-27-22(36)19(35)23(2,3)10-45-51(42,43)48-50(40,41)44-9-14-17(47-49(37,38)39)18(34)24(4,46-14)31-12-30-16-20(25)28-11-29-21(16)31/h11-12,14,17-19,34-35H,5-10H2,1-4H3,(H,26,33)(H,27,36)(H,40,41)(H,42,43)(H2,25,28,29)(H2,37,38,39)/p-4. The van der Waals surface area contributed by atoms with Crippen LogP contribution in [0.5, 0.6) is 0 Å². The molecular weight excluding hydrogens is 783 g/mol. The number of nitrogens with zero attached hydrogens (tertiary/aromatic N) is 4. The molecule has 1 fully saturated rings. The van der Waals surface area contributed by atoms with Crippen molar-refractivity contribution in [3.05, 3.63) is 12.7 Å². The smallest absolute Gasteiger partial charge is 0.274 e. The van der Waals surface area contributed by atoms with Crippen LogP contribution in [0.15, 0.2) is 12.7 Å². The summed E-state index contributed by atoms with van der Waals surface area (Å²) in [7, 11) is -17.6. The SMILES string of the molecule is CC(=O)SCCNC(=O)CCNC(=O)C(O)C(C)(C)COP(=O)([O-])OP(=O)([O-])OCC1OC(C)(n2cnc3c(N)ncnc32)C(O)C1OP(=O)([O-])[O-]. The fourth-order valence-corrected chi connectivity index (χ4v) is 7.83. The zero-order valence-electron chi connectivity index (χ0n) is 27.8. The van der Waals surface area contributed by atoms with Crippen LogP contribution in [0.25, 0.3) is 11.2 Å². The molecule has 1 saturated heterocycles. The number of fused-ring (bicyclic) bond motifs is 1. The number of phosphoric ester groups is 3. The predicted octanol–water partition coefficient (Wildman–Crippen LogP) is -3.67. The van der Waals surface area contributed by atoms with E-state index in [-0.39, 0.29) is 41.6 Å². The molecule has 1 aliphatic heterocycles. The second-order valence-electron chi connectivity index (χ2n) is 11.9. The fraction of sp³-hybridized carbons (Fsp3) is 0.667.